The summed E-state index contributed by atoms with van der Waals surface area (Å²) in [7, 11) is 0. The van der Waals surface area contributed by atoms with E-state index in [0.717, 1.165) is 25.3 Å². The first kappa shape index (κ1) is 9.74. The molecule has 1 N–H and O–H groups in total. The van der Waals surface area contributed by atoms with Gasteiger partial charge >= 0.3 is 0 Å². The lowest BCUT2D eigenvalue weighted by atomic mass is 10.3. The van der Waals surface area contributed by atoms with E-state index in [9.17, 15) is 0 Å². The largest absolute Gasteiger partial charge is 0.355 e. The Morgan fingerprint density at radius 2 is 2.50 bits per heavy atom. The van der Waals surface area contributed by atoms with Crippen LogP contribution in [0.15, 0.2) is 18.3 Å². The van der Waals surface area contributed by atoms with Crippen molar-refractivity contribution in [3.05, 3.63) is 23.9 Å². The first-order valence-corrected chi connectivity index (χ1v) is 5.22. The molecule has 0 bridgehead atoms. The molecule has 0 unspecified atom stereocenters. The van der Waals surface area contributed by atoms with Gasteiger partial charge in [-0.15, -0.1) is 0 Å². The Bertz CT molecular complexity index is 316. The molecule has 1 atom stereocenters. The zero-order valence-electron chi connectivity index (χ0n) is 8.20. The number of aromatic nitrogens is 1. The molecule has 1 fully saturated rings. The van der Waals surface area contributed by atoms with Gasteiger partial charge in [-0.25, -0.2) is 9.82 Å². The highest BCUT2D eigenvalue weighted by Crippen LogP contribution is 2.21. The number of hydrogen-bond donors (Lipinski definition) is 1. The topological polar surface area (TPSA) is 28.2 Å². The number of halogens is 1. The SMILES string of the molecule is Cc1cccnc1N1CC[C@H](NCl)C1. The number of nitrogens with zero attached hydrogens (tertiary/aromatic N) is 2. The van der Waals surface area contributed by atoms with Gasteiger partial charge in [-0.05, 0) is 36.8 Å². The first-order chi connectivity index (χ1) is 6.81. The Balaban J connectivity index is 2.13. The Hall–Kier alpha value is -0.800. The van der Waals surface area contributed by atoms with Crippen LogP contribution < -0.4 is 9.74 Å². The highest BCUT2D eigenvalue weighted by molar-refractivity contribution is 6.13. The fraction of sp³-hybridized carbons (Fsp3) is 0.500. The molecule has 2 heterocycles. The van der Waals surface area contributed by atoms with Gasteiger partial charge in [0.1, 0.15) is 5.82 Å². The second kappa shape index (κ2) is 4.15. The predicted octanol–water partition coefficient (Wildman–Crippen LogP) is 1.71. The minimum atomic E-state index is 0.387. The summed E-state index contributed by atoms with van der Waals surface area (Å²) >= 11 is 5.60. The van der Waals surface area contributed by atoms with Crippen LogP contribution in [0, 0.1) is 6.92 Å². The maximum Gasteiger partial charge on any atom is 0.131 e. The van der Waals surface area contributed by atoms with Crippen LogP contribution in [0.2, 0.25) is 0 Å². The Kier molecular flexibility index (Phi) is 2.89. The monoisotopic (exact) mass is 211 g/mol. The van der Waals surface area contributed by atoms with E-state index in [4.69, 9.17) is 11.8 Å². The molecule has 1 aliphatic heterocycles. The number of nitrogens with one attached hydrogen (secondary N) is 1. The number of hydrogen-bond acceptors (Lipinski definition) is 3. The molecule has 76 valence electrons. The van der Waals surface area contributed by atoms with Crippen molar-refractivity contribution in [1.29, 1.82) is 0 Å². The number of aryl methyl sites for hydroxylation is 1. The molecule has 1 aromatic heterocycles. The van der Waals surface area contributed by atoms with Gasteiger partial charge in [0.15, 0.2) is 0 Å². The smallest absolute Gasteiger partial charge is 0.131 e. The molecular weight excluding hydrogens is 198 g/mol. The van der Waals surface area contributed by atoms with Gasteiger partial charge in [-0.1, -0.05) is 6.07 Å². The van der Waals surface area contributed by atoms with E-state index in [1.807, 2.05) is 12.3 Å². The molecule has 0 radical (unpaired) electrons. The third-order valence-corrected chi connectivity index (χ3v) is 2.93. The molecule has 4 heteroatoms. The summed E-state index contributed by atoms with van der Waals surface area (Å²) in [6, 6.07) is 4.44. The van der Waals surface area contributed by atoms with E-state index in [1.165, 1.54) is 5.56 Å². The summed E-state index contributed by atoms with van der Waals surface area (Å²) in [4.78, 5) is 9.44. The molecule has 0 saturated carbocycles. The van der Waals surface area contributed by atoms with Gasteiger partial charge < -0.3 is 4.90 Å². The lowest BCUT2D eigenvalue weighted by Gasteiger charge is -2.18. The van der Waals surface area contributed by atoms with Crippen molar-refractivity contribution in [2.45, 2.75) is 19.4 Å². The minimum absolute atomic E-state index is 0.387. The van der Waals surface area contributed by atoms with Crippen molar-refractivity contribution in [2.75, 3.05) is 18.0 Å². The van der Waals surface area contributed by atoms with E-state index in [0.29, 0.717) is 6.04 Å². The van der Waals surface area contributed by atoms with E-state index in [2.05, 4.69) is 27.7 Å². The fourth-order valence-electron chi connectivity index (χ4n) is 1.85. The Labute approximate surface area is 89.2 Å². The molecule has 0 amide bonds. The molecular formula is C10H14ClN3. The highest BCUT2D eigenvalue weighted by Gasteiger charge is 2.23. The Morgan fingerprint density at radius 1 is 1.64 bits per heavy atom. The lowest BCUT2D eigenvalue weighted by molar-refractivity contribution is 0.692. The van der Waals surface area contributed by atoms with Gasteiger partial charge in [-0.3, -0.25) is 0 Å². The minimum Gasteiger partial charge on any atom is -0.355 e. The average Bonchev–Trinajstić information content (AvgIpc) is 2.67. The summed E-state index contributed by atoms with van der Waals surface area (Å²) in [5.74, 6) is 1.09. The number of anilines is 1. The molecule has 14 heavy (non-hydrogen) atoms. The molecule has 1 aromatic rings. The van der Waals surface area contributed by atoms with E-state index < -0.39 is 0 Å². The molecule has 3 nitrogen and oxygen atoms in total. The van der Waals surface area contributed by atoms with Crippen LogP contribution in [0.1, 0.15) is 12.0 Å². The van der Waals surface area contributed by atoms with Crippen LogP contribution in [0.4, 0.5) is 5.82 Å². The summed E-state index contributed by atoms with van der Waals surface area (Å²) in [6.45, 7) is 4.06. The second-order valence-electron chi connectivity index (χ2n) is 3.68. The standard InChI is InChI=1S/C10H14ClN3/c1-8-3-2-5-12-10(8)14-6-4-9(7-14)13-11/h2-3,5,9,13H,4,6-7H2,1H3/t9-/m0/s1. The lowest BCUT2D eigenvalue weighted by Crippen LogP contribution is -2.27. The van der Waals surface area contributed by atoms with Crippen LogP contribution in [0.3, 0.4) is 0 Å². The van der Waals surface area contributed by atoms with Gasteiger partial charge in [0.2, 0.25) is 0 Å². The molecule has 1 saturated heterocycles. The van der Waals surface area contributed by atoms with Crippen LogP contribution in [0.5, 0.6) is 0 Å². The summed E-state index contributed by atoms with van der Waals surface area (Å²) < 4.78 is 0. The fourth-order valence-corrected chi connectivity index (χ4v) is 2.03. The maximum atomic E-state index is 5.60. The first-order valence-electron chi connectivity index (χ1n) is 4.84. The van der Waals surface area contributed by atoms with Crippen molar-refractivity contribution >= 4 is 17.6 Å². The molecule has 1 aliphatic rings. The van der Waals surface area contributed by atoms with Crippen molar-refractivity contribution < 1.29 is 0 Å². The van der Waals surface area contributed by atoms with Crippen molar-refractivity contribution in [3.8, 4) is 0 Å². The highest BCUT2D eigenvalue weighted by atomic mass is 35.5. The van der Waals surface area contributed by atoms with Crippen LogP contribution in [0.25, 0.3) is 0 Å². The van der Waals surface area contributed by atoms with Gasteiger partial charge in [-0.2, -0.15) is 0 Å². The molecule has 0 aliphatic carbocycles. The molecule has 0 aromatic carbocycles. The van der Waals surface area contributed by atoms with E-state index >= 15 is 0 Å². The van der Waals surface area contributed by atoms with Gasteiger partial charge in [0.25, 0.3) is 0 Å². The van der Waals surface area contributed by atoms with Gasteiger partial charge in [0.05, 0.1) is 0 Å². The summed E-state index contributed by atoms with van der Waals surface area (Å²) in [6.07, 6.45) is 2.92. The van der Waals surface area contributed by atoms with E-state index in [-0.39, 0.29) is 0 Å². The van der Waals surface area contributed by atoms with Crippen LogP contribution >= 0.6 is 11.8 Å². The van der Waals surface area contributed by atoms with Crippen molar-refractivity contribution in [2.24, 2.45) is 0 Å². The quantitative estimate of drug-likeness (QED) is 0.755. The third-order valence-electron chi connectivity index (χ3n) is 2.62. The Morgan fingerprint density at radius 3 is 3.14 bits per heavy atom. The maximum absolute atomic E-state index is 5.60. The number of pyridine rings is 1. The van der Waals surface area contributed by atoms with Crippen molar-refractivity contribution in [3.63, 3.8) is 0 Å². The van der Waals surface area contributed by atoms with Crippen LogP contribution in [-0.4, -0.2) is 24.1 Å². The van der Waals surface area contributed by atoms with Gasteiger partial charge in [0, 0.05) is 25.3 Å². The number of rotatable bonds is 2. The second-order valence-corrected chi connectivity index (χ2v) is 3.90. The summed E-state index contributed by atoms with van der Waals surface area (Å²) in [5, 5.41) is 0. The van der Waals surface area contributed by atoms with Crippen molar-refractivity contribution in [1.82, 2.24) is 9.82 Å². The predicted molar refractivity (Wildman–Crippen MR) is 58.6 cm³/mol. The normalized spacial score (nSPS) is 21.6. The molecule has 2 rings (SSSR count). The molecule has 0 spiro atoms. The van der Waals surface area contributed by atoms with Crippen LogP contribution in [-0.2, 0) is 0 Å². The zero-order valence-corrected chi connectivity index (χ0v) is 8.96. The van der Waals surface area contributed by atoms with E-state index in [1.54, 1.807) is 0 Å². The average molecular weight is 212 g/mol. The zero-order chi connectivity index (χ0) is 9.97. The third kappa shape index (κ3) is 1.83. The summed E-state index contributed by atoms with van der Waals surface area (Å²) in [5.41, 5.74) is 1.22.